The summed E-state index contributed by atoms with van der Waals surface area (Å²) in [5, 5.41) is 3.21. The Morgan fingerprint density at radius 1 is 1.28 bits per heavy atom. The monoisotopic (exact) mass is 306 g/mol. The second-order valence-corrected chi connectivity index (χ2v) is 4.88. The van der Waals surface area contributed by atoms with E-state index in [0.717, 1.165) is 10.2 Å². The molecule has 0 fully saturated rings. The molecule has 1 aliphatic rings. The van der Waals surface area contributed by atoms with E-state index in [-0.39, 0.29) is 5.95 Å². The smallest absolute Gasteiger partial charge is 0.222 e. The van der Waals surface area contributed by atoms with Gasteiger partial charge in [0.2, 0.25) is 5.95 Å². The molecule has 5 nitrogen and oxygen atoms in total. The zero-order chi connectivity index (χ0) is 12.5. The fourth-order valence-corrected chi connectivity index (χ4v) is 2.15. The molecule has 0 saturated carbocycles. The summed E-state index contributed by atoms with van der Waals surface area (Å²) in [5.41, 5.74) is 8.97. The first-order chi connectivity index (χ1) is 8.72. The molecule has 0 saturated heterocycles. The summed E-state index contributed by atoms with van der Waals surface area (Å²) in [7, 11) is 0. The lowest BCUT2D eigenvalue weighted by Gasteiger charge is -2.09. The largest absolute Gasteiger partial charge is 0.372 e. The predicted molar refractivity (Wildman–Crippen MR) is 72.4 cm³/mol. The molecule has 1 aromatic carbocycles. The van der Waals surface area contributed by atoms with Crippen molar-refractivity contribution < 1.29 is 4.74 Å². The Labute approximate surface area is 113 Å². The molecule has 0 spiro atoms. The number of hydrogen-bond acceptors (Lipinski definition) is 5. The maximum Gasteiger partial charge on any atom is 0.222 e. The first-order valence-corrected chi connectivity index (χ1v) is 6.26. The van der Waals surface area contributed by atoms with Gasteiger partial charge in [0.05, 0.1) is 17.7 Å². The van der Waals surface area contributed by atoms with E-state index in [0.29, 0.717) is 19.0 Å². The zero-order valence-corrected chi connectivity index (χ0v) is 11.1. The number of rotatable bonds is 2. The molecule has 0 amide bonds. The van der Waals surface area contributed by atoms with Crippen LogP contribution in [0.4, 0.5) is 17.5 Å². The standard InChI is InChI=1S/C12H11BrN4O/c13-10-4-15-12(14)17-11(10)16-9-2-1-7-5-18-6-8(7)3-9/h1-4H,5-6H2,(H3,14,15,16,17). The number of nitrogens with zero attached hydrogens (tertiary/aromatic N) is 2. The van der Waals surface area contributed by atoms with Crippen LogP contribution in [-0.4, -0.2) is 9.97 Å². The third-order valence-electron chi connectivity index (χ3n) is 2.75. The third kappa shape index (κ3) is 2.16. The lowest BCUT2D eigenvalue weighted by molar-refractivity contribution is 0.134. The summed E-state index contributed by atoms with van der Waals surface area (Å²) in [4.78, 5) is 8.04. The van der Waals surface area contributed by atoms with Crippen molar-refractivity contribution in [2.75, 3.05) is 11.1 Å². The van der Waals surface area contributed by atoms with Crippen molar-refractivity contribution >= 4 is 33.4 Å². The van der Waals surface area contributed by atoms with Gasteiger partial charge < -0.3 is 15.8 Å². The Hall–Kier alpha value is -1.66. The Morgan fingerprint density at radius 3 is 3.00 bits per heavy atom. The summed E-state index contributed by atoms with van der Waals surface area (Å²) < 4.78 is 6.15. The van der Waals surface area contributed by atoms with Crippen molar-refractivity contribution in [1.29, 1.82) is 0 Å². The molecular formula is C12H11BrN4O. The molecule has 0 radical (unpaired) electrons. The quantitative estimate of drug-likeness (QED) is 0.892. The van der Waals surface area contributed by atoms with Crippen LogP contribution in [0.15, 0.2) is 28.9 Å². The fraction of sp³-hybridized carbons (Fsp3) is 0.167. The van der Waals surface area contributed by atoms with Gasteiger partial charge >= 0.3 is 0 Å². The lowest BCUT2D eigenvalue weighted by Crippen LogP contribution is -2.00. The highest BCUT2D eigenvalue weighted by molar-refractivity contribution is 9.10. The predicted octanol–water partition coefficient (Wildman–Crippen LogP) is 2.60. The number of benzene rings is 1. The highest BCUT2D eigenvalue weighted by atomic mass is 79.9. The molecule has 0 unspecified atom stereocenters. The molecule has 2 heterocycles. The number of hydrogen-bond donors (Lipinski definition) is 2. The van der Waals surface area contributed by atoms with Gasteiger partial charge in [-0.25, -0.2) is 4.98 Å². The van der Waals surface area contributed by atoms with Gasteiger partial charge in [-0.2, -0.15) is 4.98 Å². The topological polar surface area (TPSA) is 73.1 Å². The van der Waals surface area contributed by atoms with E-state index in [4.69, 9.17) is 10.5 Å². The molecule has 0 bridgehead atoms. The van der Waals surface area contributed by atoms with Crippen LogP contribution in [0.1, 0.15) is 11.1 Å². The van der Waals surface area contributed by atoms with Crippen LogP contribution in [0.3, 0.4) is 0 Å². The van der Waals surface area contributed by atoms with Gasteiger partial charge in [-0.05, 0) is 39.2 Å². The number of nitrogens with one attached hydrogen (secondary N) is 1. The van der Waals surface area contributed by atoms with E-state index in [9.17, 15) is 0 Å². The normalized spacial score (nSPS) is 13.4. The highest BCUT2D eigenvalue weighted by Crippen LogP contribution is 2.27. The minimum atomic E-state index is 0.241. The minimum Gasteiger partial charge on any atom is -0.372 e. The molecular weight excluding hydrogens is 296 g/mol. The molecule has 6 heteroatoms. The van der Waals surface area contributed by atoms with Crippen molar-refractivity contribution in [2.45, 2.75) is 13.2 Å². The van der Waals surface area contributed by atoms with Crippen molar-refractivity contribution in [3.63, 3.8) is 0 Å². The summed E-state index contributed by atoms with van der Waals surface area (Å²) in [6.07, 6.45) is 1.63. The second-order valence-electron chi connectivity index (χ2n) is 4.03. The van der Waals surface area contributed by atoms with E-state index in [2.05, 4.69) is 43.3 Å². The fourth-order valence-electron chi connectivity index (χ4n) is 1.85. The summed E-state index contributed by atoms with van der Waals surface area (Å²) in [5.74, 6) is 0.895. The number of fused-ring (bicyclic) bond motifs is 1. The van der Waals surface area contributed by atoms with E-state index < -0.39 is 0 Å². The second kappa shape index (κ2) is 4.55. The molecule has 92 valence electrons. The molecule has 18 heavy (non-hydrogen) atoms. The van der Waals surface area contributed by atoms with Crippen LogP contribution in [0.5, 0.6) is 0 Å². The maximum absolute atomic E-state index is 5.57. The Balaban J connectivity index is 1.90. The Bertz CT molecular complexity index is 603. The van der Waals surface area contributed by atoms with Gasteiger partial charge in [-0.15, -0.1) is 0 Å². The Kier molecular flexibility index (Phi) is 2.89. The summed E-state index contributed by atoms with van der Waals surface area (Å²) >= 11 is 3.38. The van der Waals surface area contributed by atoms with Crippen molar-refractivity contribution in [3.05, 3.63) is 40.0 Å². The van der Waals surface area contributed by atoms with E-state index >= 15 is 0 Å². The van der Waals surface area contributed by atoms with E-state index in [1.807, 2.05) is 6.07 Å². The van der Waals surface area contributed by atoms with Crippen LogP contribution in [0.2, 0.25) is 0 Å². The third-order valence-corrected chi connectivity index (χ3v) is 3.33. The van der Waals surface area contributed by atoms with E-state index in [1.54, 1.807) is 6.20 Å². The molecule has 3 rings (SSSR count). The van der Waals surface area contributed by atoms with Crippen LogP contribution in [-0.2, 0) is 18.0 Å². The zero-order valence-electron chi connectivity index (χ0n) is 9.48. The van der Waals surface area contributed by atoms with Gasteiger partial charge in [0.1, 0.15) is 5.82 Å². The van der Waals surface area contributed by atoms with E-state index in [1.165, 1.54) is 11.1 Å². The first kappa shape index (κ1) is 11.4. The van der Waals surface area contributed by atoms with Gasteiger partial charge in [0.15, 0.2) is 0 Å². The molecule has 2 aromatic rings. The average Bonchev–Trinajstić information content (AvgIpc) is 2.81. The molecule has 0 aliphatic carbocycles. The van der Waals surface area contributed by atoms with Gasteiger partial charge in [-0.3, -0.25) is 0 Å². The van der Waals surface area contributed by atoms with Crippen LogP contribution in [0.25, 0.3) is 0 Å². The number of ether oxygens (including phenoxy) is 1. The van der Waals surface area contributed by atoms with Crippen molar-refractivity contribution in [3.8, 4) is 0 Å². The van der Waals surface area contributed by atoms with Gasteiger partial charge in [-0.1, -0.05) is 6.07 Å². The SMILES string of the molecule is Nc1ncc(Br)c(Nc2ccc3c(c2)COC3)n1. The highest BCUT2D eigenvalue weighted by Gasteiger charge is 2.12. The lowest BCUT2D eigenvalue weighted by atomic mass is 10.1. The van der Waals surface area contributed by atoms with Gasteiger partial charge in [0.25, 0.3) is 0 Å². The minimum absolute atomic E-state index is 0.241. The molecule has 1 aliphatic heterocycles. The van der Waals surface area contributed by atoms with Crippen LogP contribution >= 0.6 is 15.9 Å². The number of aromatic nitrogens is 2. The molecule has 1 aromatic heterocycles. The maximum atomic E-state index is 5.57. The molecule has 0 atom stereocenters. The van der Waals surface area contributed by atoms with Crippen LogP contribution in [0, 0.1) is 0 Å². The summed E-state index contributed by atoms with van der Waals surface area (Å²) in [6.45, 7) is 1.36. The Morgan fingerprint density at radius 2 is 2.11 bits per heavy atom. The van der Waals surface area contributed by atoms with Crippen molar-refractivity contribution in [2.24, 2.45) is 0 Å². The number of halogens is 1. The summed E-state index contributed by atoms with van der Waals surface area (Å²) in [6, 6.07) is 6.12. The van der Waals surface area contributed by atoms with Gasteiger partial charge in [0, 0.05) is 11.9 Å². The van der Waals surface area contributed by atoms with Crippen molar-refractivity contribution in [1.82, 2.24) is 9.97 Å². The average molecular weight is 307 g/mol. The number of anilines is 3. The molecule has 3 N–H and O–H groups in total. The number of nitrogens with two attached hydrogens (primary N) is 1. The first-order valence-electron chi connectivity index (χ1n) is 5.47. The number of nitrogen functional groups attached to an aromatic ring is 1. The van der Waals surface area contributed by atoms with Crippen LogP contribution < -0.4 is 11.1 Å².